The summed E-state index contributed by atoms with van der Waals surface area (Å²) in [5.41, 5.74) is 6.24. The fraction of sp³-hybridized carbons (Fsp3) is 0.423. The van der Waals surface area contributed by atoms with Crippen molar-refractivity contribution in [3.63, 3.8) is 0 Å². The van der Waals surface area contributed by atoms with Crippen LogP contribution in [0.1, 0.15) is 57.2 Å². The van der Waals surface area contributed by atoms with Crippen molar-refractivity contribution in [2.24, 2.45) is 17.3 Å². The molecule has 2 atom stereocenters. The van der Waals surface area contributed by atoms with E-state index < -0.39 is 5.97 Å². The first kappa shape index (κ1) is 21.2. The van der Waals surface area contributed by atoms with Crippen molar-refractivity contribution in [2.45, 2.75) is 47.5 Å². The Bertz CT molecular complexity index is 909. The highest BCUT2D eigenvalue weighted by Gasteiger charge is 2.35. The van der Waals surface area contributed by atoms with Crippen molar-refractivity contribution in [3.05, 3.63) is 70.8 Å². The molecule has 1 saturated carbocycles. The molecule has 2 aromatic rings. The van der Waals surface area contributed by atoms with Crippen LogP contribution in [0, 0.1) is 24.2 Å². The maximum Gasteiger partial charge on any atom is 0.341 e. The SMILES string of the molecule is Cc1ccc(/C(=C2\CC(C)(C)CC(C)C2C)c2ccccc2)cc1OCC(=O)O. The number of hydrogen-bond acceptors (Lipinski definition) is 2. The molecule has 0 aliphatic heterocycles. The first-order valence-corrected chi connectivity index (χ1v) is 10.4. The molecular formula is C26H32O3. The fourth-order valence-corrected chi connectivity index (χ4v) is 4.65. The molecule has 0 radical (unpaired) electrons. The third-order valence-electron chi connectivity index (χ3n) is 6.16. The summed E-state index contributed by atoms with van der Waals surface area (Å²) in [6.07, 6.45) is 2.28. The molecule has 2 aromatic carbocycles. The van der Waals surface area contributed by atoms with Crippen LogP contribution in [-0.2, 0) is 4.79 Å². The van der Waals surface area contributed by atoms with Gasteiger partial charge in [-0.1, -0.05) is 75.7 Å². The van der Waals surface area contributed by atoms with E-state index in [9.17, 15) is 4.79 Å². The van der Waals surface area contributed by atoms with Crippen molar-refractivity contribution in [3.8, 4) is 5.75 Å². The fourth-order valence-electron chi connectivity index (χ4n) is 4.65. The summed E-state index contributed by atoms with van der Waals surface area (Å²) in [6, 6.07) is 16.7. The molecule has 1 aliphatic rings. The Labute approximate surface area is 174 Å². The largest absolute Gasteiger partial charge is 0.482 e. The lowest BCUT2D eigenvalue weighted by molar-refractivity contribution is -0.139. The predicted octanol–water partition coefficient (Wildman–Crippen LogP) is 6.35. The molecule has 154 valence electrons. The molecule has 3 nitrogen and oxygen atoms in total. The van der Waals surface area contributed by atoms with Crippen LogP contribution in [0.15, 0.2) is 54.1 Å². The molecule has 0 spiro atoms. The molecule has 2 unspecified atom stereocenters. The molecule has 3 rings (SSSR count). The van der Waals surface area contributed by atoms with Crippen molar-refractivity contribution in [1.82, 2.24) is 0 Å². The zero-order valence-electron chi connectivity index (χ0n) is 18.2. The number of aliphatic carboxylic acids is 1. The Morgan fingerprint density at radius 3 is 2.45 bits per heavy atom. The van der Waals surface area contributed by atoms with E-state index in [2.05, 4.69) is 58.0 Å². The molecule has 29 heavy (non-hydrogen) atoms. The summed E-state index contributed by atoms with van der Waals surface area (Å²) in [4.78, 5) is 11.0. The average molecular weight is 393 g/mol. The number of carboxylic acid groups (broad SMARTS) is 1. The lowest BCUT2D eigenvalue weighted by Gasteiger charge is -2.41. The van der Waals surface area contributed by atoms with Crippen molar-refractivity contribution in [2.75, 3.05) is 6.61 Å². The Morgan fingerprint density at radius 1 is 1.10 bits per heavy atom. The minimum Gasteiger partial charge on any atom is -0.482 e. The van der Waals surface area contributed by atoms with E-state index in [1.165, 1.54) is 23.1 Å². The highest BCUT2D eigenvalue weighted by atomic mass is 16.5. The van der Waals surface area contributed by atoms with E-state index in [0.29, 0.717) is 17.6 Å². The maximum atomic E-state index is 11.0. The quantitative estimate of drug-likeness (QED) is 0.644. The smallest absolute Gasteiger partial charge is 0.341 e. The van der Waals surface area contributed by atoms with Gasteiger partial charge in [0.05, 0.1) is 0 Å². The molecular weight excluding hydrogens is 360 g/mol. The summed E-state index contributed by atoms with van der Waals surface area (Å²) >= 11 is 0. The van der Waals surface area contributed by atoms with Gasteiger partial charge in [0.15, 0.2) is 6.61 Å². The van der Waals surface area contributed by atoms with Gasteiger partial charge in [0.25, 0.3) is 0 Å². The monoisotopic (exact) mass is 392 g/mol. The van der Waals surface area contributed by atoms with Crippen LogP contribution >= 0.6 is 0 Å². The van der Waals surface area contributed by atoms with Gasteiger partial charge in [-0.05, 0) is 65.3 Å². The topological polar surface area (TPSA) is 46.5 Å². The van der Waals surface area contributed by atoms with E-state index in [1.54, 1.807) is 0 Å². The summed E-state index contributed by atoms with van der Waals surface area (Å²) < 4.78 is 5.58. The highest BCUT2D eigenvalue weighted by molar-refractivity contribution is 5.83. The van der Waals surface area contributed by atoms with Crippen molar-refractivity contribution >= 4 is 11.5 Å². The second-order valence-corrected chi connectivity index (χ2v) is 9.24. The van der Waals surface area contributed by atoms with Crippen LogP contribution < -0.4 is 4.74 Å². The van der Waals surface area contributed by atoms with Crippen molar-refractivity contribution in [1.29, 1.82) is 0 Å². The van der Waals surface area contributed by atoms with Gasteiger partial charge in [0.2, 0.25) is 0 Å². The summed E-state index contributed by atoms with van der Waals surface area (Å²) in [5, 5.41) is 9.01. The van der Waals surface area contributed by atoms with Crippen LogP contribution in [0.4, 0.5) is 0 Å². The standard InChI is InChI=1S/C26H32O3/c1-17-11-12-21(13-23(17)29-16-24(27)28)25(20-9-7-6-8-10-20)22-15-26(4,5)14-18(2)19(22)3/h6-13,18-19H,14-16H2,1-5H3,(H,27,28)/b25-22+. The lowest BCUT2D eigenvalue weighted by atomic mass is 9.64. The number of rotatable bonds is 5. The first-order chi connectivity index (χ1) is 13.7. The van der Waals surface area contributed by atoms with Gasteiger partial charge in [0, 0.05) is 0 Å². The third-order valence-corrected chi connectivity index (χ3v) is 6.16. The van der Waals surface area contributed by atoms with Crippen LogP contribution in [0.2, 0.25) is 0 Å². The van der Waals surface area contributed by atoms with E-state index in [4.69, 9.17) is 9.84 Å². The Balaban J connectivity index is 2.18. The number of allylic oxidation sites excluding steroid dienone is 1. The van der Waals surface area contributed by atoms with E-state index in [1.807, 2.05) is 25.1 Å². The highest BCUT2D eigenvalue weighted by Crippen LogP contribution is 2.48. The zero-order valence-corrected chi connectivity index (χ0v) is 18.2. The molecule has 1 N–H and O–H groups in total. The number of ether oxygens (including phenoxy) is 1. The van der Waals surface area contributed by atoms with E-state index in [0.717, 1.165) is 17.5 Å². The maximum absolute atomic E-state index is 11.0. The van der Waals surface area contributed by atoms with Gasteiger partial charge in [-0.15, -0.1) is 0 Å². The van der Waals surface area contributed by atoms with E-state index >= 15 is 0 Å². The van der Waals surface area contributed by atoms with Gasteiger partial charge in [-0.3, -0.25) is 0 Å². The molecule has 0 bridgehead atoms. The van der Waals surface area contributed by atoms with Crippen molar-refractivity contribution < 1.29 is 14.6 Å². The number of benzene rings is 2. The Hall–Kier alpha value is -2.55. The number of hydrogen-bond donors (Lipinski definition) is 1. The second kappa shape index (κ2) is 8.44. The predicted molar refractivity (Wildman–Crippen MR) is 118 cm³/mol. The van der Waals surface area contributed by atoms with Crippen LogP contribution in [0.3, 0.4) is 0 Å². The molecule has 1 fully saturated rings. The molecule has 3 heteroatoms. The third kappa shape index (κ3) is 4.90. The molecule has 0 heterocycles. The minimum absolute atomic E-state index is 0.259. The lowest BCUT2D eigenvalue weighted by Crippen LogP contribution is -2.29. The molecule has 0 aromatic heterocycles. The average Bonchev–Trinajstić information content (AvgIpc) is 2.66. The van der Waals surface area contributed by atoms with Gasteiger partial charge < -0.3 is 9.84 Å². The Morgan fingerprint density at radius 2 is 1.79 bits per heavy atom. The van der Waals surface area contributed by atoms with Gasteiger partial charge >= 0.3 is 5.97 Å². The number of carbonyl (C=O) groups is 1. The number of aryl methyl sites for hydroxylation is 1. The summed E-state index contributed by atoms with van der Waals surface area (Å²) in [6.45, 7) is 11.0. The summed E-state index contributed by atoms with van der Waals surface area (Å²) in [5.74, 6) is 0.770. The van der Waals surface area contributed by atoms with Gasteiger partial charge in [0.1, 0.15) is 5.75 Å². The second-order valence-electron chi connectivity index (χ2n) is 9.24. The summed E-state index contributed by atoms with van der Waals surface area (Å²) in [7, 11) is 0. The van der Waals surface area contributed by atoms with Gasteiger partial charge in [-0.25, -0.2) is 4.79 Å². The molecule has 1 aliphatic carbocycles. The van der Waals surface area contributed by atoms with Gasteiger partial charge in [-0.2, -0.15) is 0 Å². The number of carboxylic acids is 1. The Kier molecular flexibility index (Phi) is 6.16. The molecule has 0 saturated heterocycles. The van der Waals surface area contributed by atoms with E-state index in [-0.39, 0.29) is 12.0 Å². The van der Waals surface area contributed by atoms with Crippen LogP contribution in [0.25, 0.3) is 5.57 Å². The first-order valence-electron chi connectivity index (χ1n) is 10.4. The van der Waals surface area contributed by atoms with Crippen LogP contribution in [-0.4, -0.2) is 17.7 Å². The van der Waals surface area contributed by atoms with Crippen LogP contribution in [0.5, 0.6) is 5.75 Å². The zero-order chi connectivity index (χ0) is 21.2. The normalized spacial score (nSPS) is 22.8. The minimum atomic E-state index is -0.965. The molecule has 0 amide bonds.